The summed E-state index contributed by atoms with van der Waals surface area (Å²) in [7, 11) is 0. The Hall–Kier alpha value is -1.82. The van der Waals surface area contributed by atoms with Crippen molar-refractivity contribution in [3.8, 4) is 11.1 Å². The van der Waals surface area contributed by atoms with E-state index in [0.717, 1.165) is 27.8 Å². The topological polar surface area (TPSA) is 87.7 Å². The summed E-state index contributed by atoms with van der Waals surface area (Å²) in [6, 6.07) is 0. The molecule has 0 saturated carbocycles. The second-order valence-corrected chi connectivity index (χ2v) is 5.92. The van der Waals surface area contributed by atoms with Gasteiger partial charge in [0.2, 0.25) is 0 Å². The molecule has 1 aliphatic carbocycles. The summed E-state index contributed by atoms with van der Waals surface area (Å²) in [5.74, 6) is -2.59. The van der Waals surface area contributed by atoms with Gasteiger partial charge in [-0.15, -0.1) is 0 Å². The molecule has 0 amide bonds. The molecule has 5 nitrogen and oxygen atoms in total. The first-order valence-corrected chi connectivity index (χ1v) is 7.20. The second-order valence-electron chi connectivity index (χ2n) is 5.06. The molecule has 0 aromatic heterocycles. The highest BCUT2D eigenvalue weighted by atomic mass is 79.9. The Bertz CT molecular complexity index is 657. The minimum atomic E-state index is -1.01. The van der Waals surface area contributed by atoms with E-state index < -0.39 is 17.9 Å². The van der Waals surface area contributed by atoms with Gasteiger partial charge >= 0.3 is 11.9 Å². The Kier molecular flexibility index (Phi) is 4.37. The molecule has 6 heteroatoms. The normalized spacial score (nSPS) is 11.2. The van der Waals surface area contributed by atoms with Crippen LogP contribution in [0.4, 0.5) is 0 Å². The SMILES string of the molecule is Cc1c2cocc(Br)c-2c(C(CC(=O)O)CC(=O)O)c1C. The number of fused-ring (bicyclic) bond motifs is 1. The summed E-state index contributed by atoms with van der Waals surface area (Å²) in [6.45, 7) is 3.80. The quantitative estimate of drug-likeness (QED) is 0.852. The average molecular weight is 355 g/mol. The van der Waals surface area contributed by atoms with E-state index in [1.54, 1.807) is 6.26 Å². The minimum Gasteiger partial charge on any atom is -0.481 e. The van der Waals surface area contributed by atoms with Gasteiger partial charge in [-0.05, 0) is 46.5 Å². The van der Waals surface area contributed by atoms with Crippen molar-refractivity contribution < 1.29 is 24.2 Å². The number of hydrogen-bond acceptors (Lipinski definition) is 3. The van der Waals surface area contributed by atoms with Gasteiger partial charge in [0.15, 0.2) is 0 Å². The van der Waals surface area contributed by atoms with E-state index in [9.17, 15) is 9.59 Å². The van der Waals surface area contributed by atoms with Gasteiger partial charge in [-0.1, -0.05) is 0 Å². The molecule has 2 N–H and O–H groups in total. The van der Waals surface area contributed by atoms with Gasteiger partial charge in [-0.3, -0.25) is 9.59 Å². The predicted octanol–water partition coefficient (Wildman–Crippen LogP) is 3.80. The maximum absolute atomic E-state index is 11.1. The predicted molar refractivity (Wildman–Crippen MR) is 79.8 cm³/mol. The van der Waals surface area contributed by atoms with Crippen LogP contribution in [0.2, 0.25) is 0 Å². The third-order valence-corrected chi connectivity index (χ3v) is 4.34. The highest BCUT2D eigenvalue weighted by Crippen LogP contribution is 2.45. The molecule has 0 unspecified atom stereocenters. The fourth-order valence-electron chi connectivity index (χ4n) is 2.76. The summed E-state index contributed by atoms with van der Waals surface area (Å²) in [5.41, 5.74) is 4.38. The maximum Gasteiger partial charge on any atom is 0.303 e. The van der Waals surface area contributed by atoms with Crippen LogP contribution in [0, 0.1) is 13.8 Å². The van der Waals surface area contributed by atoms with Gasteiger partial charge in [-0.2, -0.15) is 0 Å². The molecule has 0 aromatic rings. The van der Waals surface area contributed by atoms with Gasteiger partial charge < -0.3 is 14.6 Å². The summed E-state index contributed by atoms with van der Waals surface area (Å²) < 4.78 is 5.93. The highest BCUT2D eigenvalue weighted by molar-refractivity contribution is 9.10. The molecule has 0 aromatic carbocycles. The molecule has 2 aliphatic rings. The lowest BCUT2D eigenvalue weighted by atomic mass is 9.89. The van der Waals surface area contributed by atoms with Gasteiger partial charge in [0.05, 0.1) is 23.6 Å². The standard InChI is InChI=1S/C15H15BrO5/c1-7-8(2)14(9(3-12(17)18)4-13(19)20)15-10(7)5-21-6-11(15)16/h5-6,9H,3-4H2,1-2H3,(H,17,18)(H,19,20). The van der Waals surface area contributed by atoms with E-state index in [1.165, 1.54) is 6.26 Å². The molecule has 0 saturated heterocycles. The third-order valence-electron chi connectivity index (χ3n) is 3.76. The van der Waals surface area contributed by atoms with Crippen molar-refractivity contribution in [2.75, 3.05) is 0 Å². The van der Waals surface area contributed by atoms with Crippen LogP contribution in [0.25, 0.3) is 11.1 Å². The molecule has 21 heavy (non-hydrogen) atoms. The fraction of sp³-hybridized carbons (Fsp3) is 0.333. The van der Waals surface area contributed by atoms with E-state index in [2.05, 4.69) is 15.9 Å². The minimum absolute atomic E-state index is 0.218. The van der Waals surface area contributed by atoms with Gasteiger partial charge in [0.25, 0.3) is 0 Å². The molecule has 1 heterocycles. The van der Waals surface area contributed by atoms with Crippen molar-refractivity contribution >= 4 is 27.9 Å². The number of halogens is 1. The van der Waals surface area contributed by atoms with Crippen LogP contribution in [0.3, 0.4) is 0 Å². The van der Waals surface area contributed by atoms with Crippen molar-refractivity contribution in [3.05, 3.63) is 33.7 Å². The third kappa shape index (κ3) is 2.95. The number of carboxylic acid groups (broad SMARTS) is 2. The van der Waals surface area contributed by atoms with Crippen LogP contribution in [0.1, 0.15) is 35.4 Å². The van der Waals surface area contributed by atoms with Crippen LogP contribution >= 0.6 is 15.9 Å². The van der Waals surface area contributed by atoms with E-state index in [1.807, 2.05) is 13.8 Å². The van der Waals surface area contributed by atoms with Crippen molar-refractivity contribution in [1.82, 2.24) is 0 Å². The lowest BCUT2D eigenvalue weighted by molar-refractivity contribution is -0.139. The first-order valence-electron chi connectivity index (χ1n) is 6.41. The van der Waals surface area contributed by atoms with Crippen LogP contribution in [0.5, 0.6) is 0 Å². The molecular formula is C15H15BrO5. The molecule has 1 aliphatic heterocycles. The van der Waals surface area contributed by atoms with Gasteiger partial charge in [-0.25, -0.2) is 0 Å². The molecule has 2 rings (SSSR count). The van der Waals surface area contributed by atoms with Crippen molar-refractivity contribution in [2.24, 2.45) is 0 Å². The molecule has 0 bridgehead atoms. The lowest BCUT2D eigenvalue weighted by Crippen LogP contribution is -2.12. The lowest BCUT2D eigenvalue weighted by Gasteiger charge is -2.16. The van der Waals surface area contributed by atoms with Gasteiger partial charge in [0, 0.05) is 17.0 Å². The largest absolute Gasteiger partial charge is 0.481 e. The monoisotopic (exact) mass is 354 g/mol. The molecule has 112 valence electrons. The van der Waals surface area contributed by atoms with Crippen LogP contribution < -0.4 is 0 Å². The van der Waals surface area contributed by atoms with Crippen molar-refractivity contribution in [2.45, 2.75) is 32.6 Å². The number of carboxylic acids is 2. The zero-order chi connectivity index (χ0) is 15.7. The fourth-order valence-corrected chi connectivity index (χ4v) is 3.29. The maximum atomic E-state index is 11.1. The highest BCUT2D eigenvalue weighted by Gasteiger charge is 2.29. The Morgan fingerprint density at radius 3 is 2.24 bits per heavy atom. The summed E-state index contributed by atoms with van der Waals surface area (Å²) in [4.78, 5) is 22.2. The van der Waals surface area contributed by atoms with Crippen LogP contribution in [-0.2, 0) is 9.59 Å². The van der Waals surface area contributed by atoms with E-state index in [-0.39, 0.29) is 12.8 Å². The zero-order valence-electron chi connectivity index (χ0n) is 11.6. The molecule has 0 radical (unpaired) electrons. The average Bonchev–Trinajstić information content (AvgIpc) is 2.62. The number of rotatable bonds is 5. The number of aliphatic carboxylic acids is 2. The number of hydrogen-bond donors (Lipinski definition) is 2. The van der Waals surface area contributed by atoms with Gasteiger partial charge in [0.1, 0.15) is 6.26 Å². The molecule has 0 fully saturated rings. The first kappa shape index (κ1) is 15.6. The van der Waals surface area contributed by atoms with E-state index >= 15 is 0 Å². The molecule has 0 spiro atoms. The number of carbonyl (C=O) groups is 2. The van der Waals surface area contributed by atoms with E-state index in [0.29, 0.717) is 4.47 Å². The van der Waals surface area contributed by atoms with E-state index in [4.69, 9.17) is 14.6 Å². The summed E-state index contributed by atoms with van der Waals surface area (Å²) >= 11 is 3.41. The zero-order valence-corrected chi connectivity index (χ0v) is 13.2. The Morgan fingerprint density at radius 1 is 1.14 bits per heavy atom. The van der Waals surface area contributed by atoms with Crippen LogP contribution in [0.15, 0.2) is 21.4 Å². The second kappa shape index (κ2) is 5.89. The molecule has 0 atom stereocenters. The smallest absolute Gasteiger partial charge is 0.303 e. The Balaban J connectivity index is 2.64. The first-order chi connectivity index (χ1) is 9.82. The Morgan fingerprint density at radius 2 is 1.71 bits per heavy atom. The Labute approximate surface area is 130 Å². The van der Waals surface area contributed by atoms with Crippen molar-refractivity contribution in [1.29, 1.82) is 0 Å². The molecular weight excluding hydrogens is 340 g/mol. The summed E-state index contributed by atoms with van der Waals surface area (Å²) in [5, 5.41) is 18.1. The van der Waals surface area contributed by atoms with Crippen LogP contribution in [-0.4, -0.2) is 22.2 Å². The van der Waals surface area contributed by atoms with Crippen molar-refractivity contribution in [3.63, 3.8) is 0 Å². The summed E-state index contributed by atoms with van der Waals surface area (Å²) in [6.07, 6.45) is 2.68.